The average molecular weight is 310 g/mol. The molecule has 1 N–H and O–H groups in total. The van der Waals surface area contributed by atoms with E-state index in [1.165, 1.54) is 0 Å². The minimum atomic E-state index is -0.666. The maximum absolute atomic E-state index is 11.5. The molecular formula is C20H22O3. The summed E-state index contributed by atoms with van der Waals surface area (Å²) in [6.07, 6.45) is 3.87. The van der Waals surface area contributed by atoms with Crippen LogP contribution in [0.2, 0.25) is 0 Å². The van der Waals surface area contributed by atoms with Crippen molar-refractivity contribution in [2.24, 2.45) is 5.92 Å². The van der Waals surface area contributed by atoms with Gasteiger partial charge in [-0.1, -0.05) is 55.3 Å². The molecule has 1 aliphatic carbocycles. The van der Waals surface area contributed by atoms with Gasteiger partial charge in [0.05, 0.1) is 5.92 Å². The molecular weight excluding hydrogens is 288 g/mol. The van der Waals surface area contributed by atoms with Crippen molar-refractivity contribution >= 4 is 5.97 Å². The molecule has 0 radical (unpaired) electrons. The fourth-order valence-corrected chi connectivity index (χ4v) is 3.42. The quantitative estimate of drug-likeness (QED) is 0.876. The molecule has 23 heavy (non-hydrogen) atoms. The zero-order valence-corrected chi connectivity index (χ0v) is 13.2. The minimum absolute atomic E-state index is 0.123. The summed E-state index contributed by atoms with van der Waals surface area (Å²) in [6.45, 7) is 0.502. The number of hydrogen-bond donors (Lipinski definition) is 1. The molecule has 2 atom stereocenters. The molecule has 3 heteroatoms. The van der Waals surface area contributed by atoms with E-state index in [0.29, 0.717) is 6.61 Å². The van der Waals surface area contributed by atoms with E-state index >= 15 is 0 Å². The smallest absolute Gasteiger partial charge is 0.307 e. The highest BCUT2D eigenvalue weighted by Gasteiger charge is 2.31. The average Bonchev–Trinajstić information content (AvgIpc) is 2.61. The predicted molar refractivity (Wildman–Crippen MR) is 89.6 cm³/mol. The summed E-state index contributed by atoms with van der Waals surface area (Å²) in [6, 6.07) is 17.9. The van der Waals surface area contributed by atoms with Crippen molar-refractivity contribution in [2.75, 3.05) is 0 Å². The van der Waals surface area contributed by atoms with Gasteiger partial charge in [0.1, 0.15) is 12.4 Å². The second-order valence-corrected chi connectivity index (χ2v) is 6.18. The predicted octanol–water partition coefficient (Wildman–Crippen LogP) is 4.62. The Morgan fingerprint density at radius 2 is 1.83 bits per heavy atom. The first kappa shape index (κ1) is 15.6. The SMILES string of the molecule is O=C(O)[C@H]1CCCC[C@@H]1c1cccc(COc2ccccc2)c1. The molecule has 1 fully saturated rings. The maximum Gasteiger partial charge on any atom is 0.307 e. The molecule has 2 aromatic rings. The lowest BCUT2D eigenvalue weighted by Crippen LogP contribution is -2.25. The molecule has 0 amide bonds. The zero-order valence-electron chi connectivity index (χ0n) is 13.2. The number of ether oxygens (including phenoxy) is 1. The van der Waals surface area contributed by atoms with E-state index in [2.05, 4.69) is 12.1 Å². The van der Waals surface area contributed by atoms with Crippen LogP contribution >= 0.6 is 0 Å². The Kier molecular flexibility index (Phi) is 4.96. The van der Waals surface area contributed by atoms with Gasteiger partial charge in [-0.25, -0.2) is 0 Å². The van der Waals surface area contributed by atoms with Gasteiger partial charge in [0.2, 0.25) is 0 Å². The van der Waals surface area contributed by atoms with Gasteiger partial charge in [-0.05, 0) is 42.0 Å². The molecule has 0 bridgehead atoms. The van der Waals surface area contributed by atoms with E-state index in [9.17, 15) is 9.90 Å². The van der Waals surface area contributed by atoms with Gasteiger partial charge in [-0.3, -0.25) is 4.79 Å². The third kappa shape index (κ3) is 3.92. The summed E-state index contributed by atoms with van der Waals surface area (Å²) >= 11 is 0. The van der Waals surface area contributed by atoms with Crippen molar-refractivity contribution in [2.45, 2.75) is 38.2 Å². The Morgan fingerprint density at radius 3 is 2.61 bits per heavy atom. The van der Waals surface area contributed by atoms with Crippen LogP contribution in [0.1, 0.15) is 42.7 Å². The molecule has 2 aromatic carbocycles. The molecule has 0 heterocycles. The topological polar surface area (TPSA) is 46.5 Å². The van der Waals surface area contributed by atoms with Crippen molar-refractivity contribution in [3.8, 4) is 5.75 Å². The number of benzene rings is 2. The number of carbonyl (C=O) groups is 1. The van der Waals surface area contributed by atoms with Gasteiger partial charge in [0, 0.05) is 0 Å². The largest absolute Gasteiger partial charge is 0.489 e. The highest BCUT2D eigenvalue weighted by molar-refractivity contribution is 5.71. The van der Waals surface area contributed by atoms with Crippen molar-refractivity contribution in [3.05, 3.63) is 65.7 Å². The first-order valence-electron chi connectivity index (χ1n) is 8.23. The van der Waals surface area contributed by atoms with Crippen LogP contribution < -0.4 is 4.74 Å². The van der Waals surface area contributed by atoms with Crippen molar-refractivity contribution in [1.82, 2.24) is 0 Å². The van der Waals surface area contributed by atoms with Gasteiger partial charge >= 0.3 is 5.97 Å². The van der Waals surface area contributed by atoms with Crippen LogP contribution in [0.3, 0.4) is 0 Å². The highest BCUT2D eigenvalue weighted by atomic mass is 16.5. The van der Waals surface area contributed by atoms with E-state index < -0.39 is 5.97 Å². The number of rotatable bonds is 5. The number of para-hydroxylation sites is 1. The van der Waals surface area contributed by atoms with Crippen LogP contribution in [0.15, 0.2) is 54.6 Å². The number of carboxylic acid groups (broad SMARTS) is 1. The van der Waals surface area contributed by atoms with Gasteiger partial charge in [-0.15, -0.1) is 0 Å². The first-order chi connectivity index (χ1) is 11.2. The molecule has 0 unspecified atom stereocenters. The molecule has 0 spiro atoms. The van der Waals surface area contributed by atoms with Crippen LogP contribution in [-0.4, -0.2) is 11.1 Å². The molecule has 3 nitrogen and oxygen atoms in total. The fourth-order valence-electron chi connectivity index (χ4n) is 3.42. The summed E-state index contributed by atoms with van der Waals surface area (Å²) < 4.78 is 5.79. The van der Waals surface area contributed by atoms with E-state index in [1.54, 1.807) is 0 Å². The Morgan fingerprint density at radius 1 is 1.04 bits per heavy atom. The molecule has 0 aromatic heterocycles. The number of aliphatic carboxylic acids is 1. The molecule has 1 aliphatic rings. The second kappa shape index (κ2) is 7.32. The Balaban J connectivity index is 1.72. The van der Waals surface area contributed by atoms with Crippen LogP contribution in [-0.2, 0) is 11.4 Å². The number of hydrogen-bond acceptors (Lipinski definition) is 2. The van der Waals surface area contributed by atoms with E-state index in [1.807, 2.05) is 42.5 Å². The monoisotopic (exact) mass is 310 g/mol. The van der Waals surface area contributed by atoms with E-state index in [0.717, 1.165) is 42.6 Å². The van der Waals surface area contributed by atoms with E-state index in [4.69, 9.17) is 4.74 Å². The lowest BCUT2D eigenvalue weighted by Gasteiger charge is -2.29. The van der Waals surface area contributed by atoms with Crippen LogP contribution in [0.4, 0.5) is 0 Å². The fraction of sp³-hybridized carbons (Fsp3) is 0.350. The standard InChI is InChI=1S/C20H22O3/c21-20(22)19-12-5-4-11-18(19)16-8-6-7-15(13-16)14-23-17-9-2-1-3-10-17/h1-3,6-10,13,18-19H,4-5,11-12,14H2,(H,21,22)/t18-,19+/m1/s1. The van der Waals surface area contributed by atoms with E-state index in [-0.39, 0.29) is 11.8 Å². The molecule has 0 saturated heterocycles. The van der Waals surface area contributed by atoms with Gasteiger partial charge < -0.3 is 9.84 Å². The summed E-state index contributed by atoms with van der Waals surface area (Å²) in [4.78, 5) is 11.5. The highest BCUT2D eigenvalue weighted by Crippen LogP contribution is 2.38. The third-order valence-corrected chi connectivity index (χ3v) is 4.61. The molecule has 1 saturated carbocycles. The lowest BCUT2D eigenvalue weighted by atomic mass is 9.75. The maximum atomic E-state index is 11.5. The van der Waals surface area contributed by atoms with Crippen molar-refractivity contribution < 1.29 is 14.6 Å². The minimum Gasteiger partial charge on any atom is -0.489 e. The zero-order chi connectivity index (χ0) is 16.1. The summed E-state index contributed by atoms with van der Waals surface area (Å²) in [5, 5.41) is 9.47. The van der Waals surface area contributed by atoms with Gasteiger partial charge in [-0.2, -0.15) is 0 Å². The molecule has 120 valence electrons. The molecule has 3 rings (SSSR count). The number of carboxylic acids is 1. The normalized spacial score (nSPS) is 20.9. The third-order valence-electron chi connectivity index (χ3n) is 4.61. The van der Waals surface area contributed by atoms with Crippen molar-refractivity contribution in [3.63, 3.8) is 0 Å². The van der Waals surface area contributed by atoms with Gasteiger partial charge in [0.15, 0.2) is 0 Å². The second-order valence-electron chi connectivity index (χ2n) is 6.18. The Hall–Kier alpha value is -2.29. The lowest BCUT2D eigenvalue weighted by molar-refractivity contribution is -0.143. The van der Waals surface area contributed by atoms with Crippen LogP contribution in [0.25, 0.3) is 0 Å². The summed E-state index contributed by atoms with van der Waals surface area (Å²) in [5.41, 5.74) is 2.22. The summed E-state index contributed by atoms with van der Waals surface area (Å²) in [7, 11) is 0. The Bertz CT molecular complexity index is 651. The van der Waals surface area contributed by atoms with Crippen LogP contribution in [0, 0.1) is 5.92 Å². The van der Waals surface area contributed by atoms with Crippen LogP contribution in [0.5, 0.6) is 5.75 Å². The van der Waals surface area contributed by atoms with Gasteiger partial charge in [0.25, 0.3) is 0 Å². The van der Waals surface area contributed by atoms with Crippen molar-refractivity contribution in [1.29, 1.82) is 0 Å². The first-order valence-corrected chi connectivity index (χ1v) is 8.23. The summed E-state index contributed by atoms with van der Waals surface area (Å²) in [5.74, 6) is 0.0478. The molecule has 0 aliphatic heterocycles. The Labute approximate surface area is 136 Å².